The van der Waals surface area contributed by atoms with Gasteiger partial charge in [0, 0.05) is 0 Å². The lowest BCUT2D eigenvalue weighted by Gasteiger charge is -2.34. The zero-order valence-electron chi connectivity index (χ0n) is 43.6. The average Bonchev–Trinajstić information content (AvgIpc) is 3.47. The number of rotatable bonds is 9. The van der Waals surface area contributed by atoms with Gasteiger partial charge in [-0.3, -0.25) is 0 Å². The monoisotopic (exact) mass is 953 g/mol. The van der Waals surface area contributed by atoms with Crippen LogP contribution >= 0.6 is 0 Å². The lowest BCUT2D eigenvalue weighted by Crippen LogP contribution is -2.17. The van der Waals surface area contributed by atoms with Crippen molar-refractivity contribution >= 4 is 0 Å². The molecule has 11 aromatic carbocycles. The number of hydrogen-bond acceptors (Lipinski definition) is 0. The molecule has 0 saturated carbocycles. The van der Waals surface area contributed by atoms with Gasteiger partial charge in [0.15, 0.2) is 0 Å². The molecule has 0 saturated heterocycles. The van der Waals surface area contributed by atoms with Crippen molar-refractivity contribution in [3.63, 3.8) is 0 Å². The van der Waals surface area contributed by atoms with E-state index in [9.17, 15) is 0 Å². The summed E-state index contributed by atoms with van der Waals surface area (Å²) in [4.78, 5) is 0. The fraction of sp³-hybridized carbons (Fsp3) is 0.108. The fourth-order valence-corrected chi connectivity index (χ4v) is 10.8. The Kier molecular flexibility index (Phi) is 14.3. The summed E-state index contributed by atoms with van der Waals surface area (Å²) in [5, 5.41) is 0. The molecule has 0 aliphatic carbocycles. The molecule has 0 heteroatoms. The summed E-state index contributed by atoms with van der Waals surface area (Å²) in [6.07, 6.45) is 0. The van der Waals surface area contributed by atoms with E-state index in [0.717, 1.165) is 0 Å². The molecule has 0 nitrogen and oxygen atoms in total. The van der Waals surface area contributed by atoms with Gasteiger partial charge in [-0.1, -0.05) is 315 Å². The third-order valence-electron chi connectivity index (χ3n) is 14.0. The van der Waals surface area contributed by atoms with E-state index in [2.05, 4.69) is 321 Å². The van der Waals surface area contributed by atoms with Gasteiger partial charge >= 0.3 is 0 Å². The first kappa shape index (κ1) is 49.0. The van der Waals surface area contributed by atoms with Gasteiger partial charge in [-0.05, 0) is 128 Å². The fourth-order valence-electron chi connectivity index (χ4n) is 10.8. The molecule has 0 aliphatic rings. The van der Waals surface area contributed by atoms with Crippen LogP contribution in [-0.4, -0.2) is 0 Å². The van der Waals surface area contributed by atoms with Crippen molar-refractivity contribution in [3.05, 3.63) is 290 Å². The summed E-state index contributed by atoms with van der Waals surface area (Å²) in [6, 6.07) is 101. The molecule has 0 spiro atoms. The van der Waals surface area contributed by atoms with E-state index in [1.54, 1.807) is 0 Å². The second kappa shape index (κ2) is 21.6. The standard InChI is InChI=1S/C40H34.C34H30/c1-40(2,3)39-37(32-25-15-7-16-26-32)35(30-21-11-5-12-22-30)34(29-19-9-4-10-20-29)36(31-23-13-6-14-24-31)38(39)33-27-17-8-18-28-33;1-34(2,3)30-24-29(25-16-8-4-9-17-25)31(26-18-10-5-11-19-26)33(28-22-14-7-15-23-28)32(30)27-20-12-6-13-21-27/h4-28H,1-3H3;4-24H,1-3H3. The molecule has 0 aliphatic heterocycles. The normalized spacial score (nSPS) is 11.4. The number of hydrogen-bond donors (Lipinski definition) is 0. The van der Waals surface area contributed by atoms with Crippen molar-refractivity contribution in [1.82, 2.24) is 0 Å². The molecular formula is C74H64. The van der Waals surface area contributed by atoms with Gasteiger partial charge in [0.1, 0.15) is 0 Å². The topological polar surface area (TPSA) is 0 Å². The van der Waals surface area contributed by atoms with Gasteiger partial charge in [-0.2, -0.15) is 0 Å². The third-order valence-corrected chi connectivity index (χ3v) is 14.0. The Morgan fingerprint density at radius 1 is 0.189 bits per heavy atom. The van der Waals surface area contributed by atoms with E-state index in [1.807, 2.05) is 0 Å². The van der Waals surface area contributed by atoms with E-state index < -0.39 is 0 Å². The van der Waals surface area contributed by atoms with Crippen molar-refractivity contribution in [2.75, 3.05) is 0 Å². The van der Waals surface area contributed by atoms with Crippen LogP contribution in [0.2, 0.25) is 0 Å². The van der Waals surface area contributed by atoms with Crippen LogP contribution in [0.4, 0.5) is 0 Å². The SMILES string of the molecule is CC(C)(C)c1c(-c2ccccc2)c(-c2ccccc2)c(-c2ccccc2)c(-c2ccccc2)c1-c1ccccc1.CC(C)(C)c1cc(-c2ccccc2)c(-c2ccccc2)c(-c2ccccc2)c1-c1ccccc1. The smallest absolute Gasteiger partial charge is 0.00141 e. The molecule has 0 bridgehead atoms. The van der Waals surface area contributed by atoms with Gasteiger partial charge in [-0.25, -0.2) is 0 Å². The Labute approximate surface area is 440 Å². The highest BCUT2D eigenvalue weighted by Gasteiger charge is 2.33. The predicted molar refractivity (Wildman–Crippen MR) is 319 cm³/mol. The highest BCUT2D eigenvalue weighted by Crippen LogP contribution is 2.56. The van der Waals surface area contributed by atoms with Gasteiger partial charge in [0.05, 0.1) is 0 Å². The number of benzene rings is 11. The molecule has 0 aromatic heterocycles. The van der Waals surface area contributed by atoms with Crippen LogP contribution in [0.3, 0.4) is 0 Å². The zero-order valence-corrected chi connectivity index (χ0v) is 43.6. The maximum absolute atomic E-state index is 2.44. The molecule has 0 radical (unpaired) electrons. The summed E-state index contributed by atoms with van der Waals surface area (Å²) >= 11 is 0. The first-order valence-corrected chi connectivity index (χ1v) is 26.0. The second-order valence-corrected chi connectivity index (χ2v) is 21.1. The average molecular weight is 953 g/mol. The molecule has 11 rings (SSSR count). The molecule has 74 heavy (non-hydrogen) atoms. The molecule has 0 unspecified atom stereocenters. The van der Waals surface area contributed by atoms with Crippen molar-refractivity contribution in [3.8, 4) is 100 Å². The molecule has 0 amide bonds. The lowest BCUT2D eigenvalue weighted by atomic mass is 9.69. The molecule has 0 N–H and O–H groups in total. The molecule has 0 heterocycles. The maximum Gasteiger partial charge on any atom is -0.00141 e. The molecule has 11 aromatic rings. The predicted octanol–water partition coefficient (Wildman–Crippen LogP) is 21.0. The Hall–Kier alpha value is -8.58. The lowest BCUT2D eigenvalue weighted by molar-refractivity contribution is 0.592. The molecule has 0 fully saturated rings. The minimum Gasteiger partial charge on any atom is -0.0622 e. The van der Waals surface area contributed by atoms with Gasteiger partial charge in [0.2, 0.25) is 0 Å². The molecule has 360 valence electrons. The first-order valence-electron chi connectivity index (χ1n) is 26.0. The minimum atomic E-state index is -0.140. The van der Waals surface area contributed by atoms with E-state index in [0.29, 0.717) is 0 Å². The quantitative estimate of drug-likeness (QED) is 0.135. The second-order valence-electron chi connectivity index (χ2n) is 21.1. The van der Waals surface area contributed by atoms with Crippen LogP contribution in [0, 0.1) is 0 Å². The largest absolute Gasteiger partial charge is 0.0622 e. The van der Waals surface area contributed by atoms with Crippen LogP contribution in [-0.2, 0) is 10.8 Å². The summed E-state index contributed by atoms with van der Waals surface area (Å²) in [7, 11) is 0. The minimum absolute atomic E-state index is 0.0343. The van der Waals surface area contributed by atoms with E-state index >= 15 is 0 Å². The van der Waals surface area contributed by atoms with Crippen LogP contribution in [0.5, 0.6) is 0 Å². The van der Waals surface area contributed by atoms with Gasteiger partial charge in [-0.15, -0.1) is 0 Å². The Morgan fingerprint density at radius 2 is 0.392 bits per heavy atom. The summed E-state index contributed by atoms with van der Waals surface area (Å²) < 4.78 is 0. The Balaban J connectivity index is 0.000000172. The highest BCUT2D eigenvalue weighted by molar-refractivity contribution is 6.10. The van der Waals surface area contributed by atoms with Crippen molar-refractivity contribution < 1.29 is 0 Å². The highest BCUT2D eigenvalue weighted by atomic mass is 14.4. The van der Waals surface area contributed by atoms with Crippen molar-refractivity contribution in [1.29, 1.82) is 0 Å². The van der Waals surface area contributed by atoms with E-state index in [4.69, 9.17) is 0 Å². The van der Waals surface area contributed by atoms with Gasteiger partial charge in [0.25, 0.3) is 0 Å². The van der Waals surface area contributed by atoms with Crippen molar-refractivity contribution in [2.24, 2.45) is 0 Å². The van der Waals surface area contributed by atoms with Crippen LogP contribution in [0.15, 0.2) is 279 Å². The first-order chi connectivity index (χ1) is 36.1. The van der Waals surface area contributed by atoms with E-state index in [1.165, 1.54) is 111 Å². The van der Waals surface area contributed by atoms with Crippen LogP contribution in [0.1, 0.15) is 52.7 Å². The van der Waals surface area contributed by atoms with E-state index in [-0.39, 0.29) is 10.8 Å². The Morgan fingerprint density at radius 3 is 0.649 bits per heavy atom. The van der Waals surface area contributed by atoms with Gasteiger partial charge < -0.3 is 0 Å². The summed E-state index contributed by atoms with van der Waals surface area (Å²) in [6.45, 7) is 14.0. The molecular weight excluding hydrogens is 889 g/mol. The van der Waals surface area contributed by atoms with Crippen LogP contribution in [0.25, 0.3) is 100 Å². The molecule has 0 atom stereocenters. The zero-order chi connectivity index (χ0) is 51.1. The van der Waals surface area contributed by atoms with Crippen LogP contribution < -0.4 is 0 Å². The third kappa shape index (κ3) is 10.2. The summed E-state index contributed by atoms with van der Waals surface area (Å²) in [5.74, 6) is 0. The summed E-state index contributed by atoms with van der Waals surface area (Å²) in [5.41, 5.74) is 25.3. The maximum atomic E-state index is 2.44. The Bertz CT molecular complexity index is 3470. The van der Waals surface area contributed by atoms with Crippen molar-refractivity contribution in [2.45, 2.75) is 52.4 Å².